The number of fused-ring (bicyclic) bond motifs is 2. The predicted molar refractivity (Wildman–Crippen MR) is 126 cm³/mol. The van der Waals surface area contributed by atoms with E-state index in [2.05, 4.69) is 23.1 Å². The number of hydrogen-bond acceptors (Lipinski definition) is 6. The van der Waals surface area contributed by atoms with Gasteiger partial charge in [-0.2, -0.15) is 0 Å². The van der Waals surface area contributed by atoms with Crippen LogP contribution in [0.5, 0.6) is 11.5 Å². The molecule has 0 radical (unpaired) electrons. The average Bonchev–Trinajstić information content (AvgIpc) is 3.27. The molecule has 1 fully saturated rings. The van der Waals surface area contributed by atoms with Crippen LogP contribution >= 0.6 is 11.3 Å². The molecule has 2 aliphatic rings. The number of rotatable bonds is 5. The number of carbonyl (C=O) groups is 1. The molecule has 2 aliphatic heterocycles. The minimum atomic E-state index is 0.193. The lowest BCUT2D eigenvalue weighted by atomic mass is 9.98. The van der Waals surface area contributed by atoms with Gasteiger partial charge in [-0.25, -0.2) is 4.98 Å². The third-order valence-electron chi connectivity index (χ3n) is 6.62. The molecule has 0 saturated carbocycles. The highest BCUT2D eigenvalue weighted by Crippen LogP contribution is 2.36. The zero-order valence-corrected chi connectivity index (χ0v) is 19.5. The fourth-order valence-corrected chi connectivity index (χ4v) is 6.00. The predicted octanol–water partition coefficient (Wildman–Crippen LogP) is 4.43. The Labute approximate surface area is 192 Å². The van der Waals surface area contributed by atoms with Crippen LogP contribution in [0.15, 0.2) is 36.4 Å². The Hall–Kier alpha value is -2.64. The first-order valence-corrected chi connectivity index (χ1v) is 12.1. The van der Waals surface area contributed by atoms with Gasteiger partial charge in [-0.1, -0.05) is 18.6 Å². The van der Waals surface area contributed by atoms with E-state index < -0.39 is 0 Å². The van der Waals surface area contributed by atoms with Gasteiger partial charge in [0.15, 0.2) is 11.5 Å². The molecule has 1 aromatic heterocycles. The average molecular weight is 452 g/mol. The fourth-order valence-electron chi connectivity index (χ4n) is 4.86. The molecule has 6 nitrogen and oxygen atoms in total. The second-order valence-electron chi connectivity index (χ2n) is 8.54. The first-order chi connectivity index (χ1) is 15.7. The third-order valence-corrected chi connectivity index (χ3v) is 7.76. The lowest BCUT2D eigenvalue weighted by Crippen LogP contribution is -2.45. The molecule has 1 unspecified atom stereocenters. The molecular formula is C25H29N3O3S. The lowest BCUT2D eigenvalue weighted by Gasteiger charge is -2.36. The van der Waals surface area contributed by atoms with E-state index in [1.807, 2.05) is 23.1 Å². The number of aromatic nitrogens is 1. The highest BCUT2D eigenvalue weighted by Gasteiger charge is 2.30. The van der Waals surface area contributed by atoms with Crippen LogP contribution in [-0.2, 0) is 17.8 Å². The zero-order chi connectivity index (χ0) is 22.1. The van der Waals surface area contributed by atoms with Gasteiger partial charge in [0, 0.05) is 13.1 Å². The molecule has 1 atom stereocenters. The van der Waals surface area contributed by atoms with E-state index >= 15 is 0 Å². The van der Waals surface area contributed by atoms with E-state index in [1.54, 1.807) is 25.6 Å². The summed E-state index contributed by atoms with van der Waals surface area (Å²) in [6, 6.07) is 12.6. The molecule has 1 amide bonds. The molecule has 32 heavy (non-hydrogen) atoms. The summed E-state index contributed by atoms with van der Waals surface area (Å²) >= 11 is 1.77. The monoisotopic (exact) mass is 451 g/mol. The van der Waals surface area contributed by atoms with Crippen molar-refractivity contribution in [2.24, 2.45) is 0 Å². The molecular weight excluding hydrogens is 422 g/mol. The highest BCUT2D eigenvalue weighted by atomic mass is 32.1. The maximum atomic E-state index is 13.3. The SMILES string of the molecule is COc1cc2c(cc1OC)CN(C(=O)CN1CCCCC1c1nc3ccccc3s1)CC2. The number of para-hydroxylation sites is 1. The van der Waals surface area contributed by atoms with Crippen molar-refractivity contribution >= 4 is 27.5 Å². The molecule has 2 aromatic carbocycles. The number of amides is 1. The van der Waals surface area contributed by atoms with Crippen LogP contribution in [0.4, 0.5) is 0 Å². The summed E-state index contributed by atoms with van der Waals surface area (Å²) < 4.78 is 12.1. The summed E-state index contributed by atoms with van der Waals surface area (Å²) in [5, 5.41) is 1.14. The number of thiazole rings is 1. The first-order valence-electron chi connectivity index (χ1n) is 11.3. The maximum absolute atomic E-state index is 13.3. The Bertz CT molecular complexity index is 1100. The number of likely N-dealkylation sites (tertiary alicyclic amines) is 1. The topological polar surface area (TPSA) is 54.9 Å². The van der Waals surface area contributed by atoms with Crippen molar-refractivity contribution in [1.82, 2.24) is 14.8 Å². The summed E-state index contributed by atoms with van der Waals surface area (Å²) in [5.41, 5.74) is 3.43. The number of nitrogens with zero attached hydrogens (tertiary/aromatic N) is 3. The molecule has 3 heterocycles. The number of benzene rings is 2. The summed E-state index contributed by atoms with van der Waals surface area (Å²) in [6.07, 6.45) is 4.22. The standard InChI is InChI=1S/C25H29N3O3S/c1-30-21-13-17-10-12-28(15-18(17)14-22(21)31-2)24(29)16-27-11-6-5-8-20(27)25-26-19-7-3-4-9-23(19)32-25/h3-4,7,9,13-14,20H,5-6,8,10-12,15-16H2,1-2H3. The largest absolute Gasteiger partial charge is 0.493 e. The molecule has 0 N–H and O–H groups in total. The summed E-state index contributed by atoms with van der Waals surface area (Å²) in [7, 11) is 3.30. The van der Waals surface area contributed by atoms with Crippen molar-refractivity contribution in [2.75, 3.05) is 33.9 Å². The van der Waals surface area contributed by atoms with Crippen LogP contribution in [0.3, 0.4) is 0 Å². The van der Waals surface area contributed by atoms with Gasteiger partial charge < -0.3 is 14.4 Å². The normalized spacial score (nSPS) is 19.1. The van der Waals surface area contributed by atoms with Gasteiger partial charge in [-0.05, 0) is 61.2 Å². The van der Waals surface area contributed by atoms with Crippen molar-refractivity contribution in [3.8, 4) is 11.5 Å². The fraction of sp³-hybridized carbons (Fsp3) is 0.440. The number of carbonyl (C=O) groups excluding carboxylic acids is 1. The summed E-state index contributed by atoms with van der Waals surface area (Å²) in [5.74, 6) is 1.66. The van der Waals surface area contributed by atoms with Gasteiger partial charge in [-0.15, -0.1) is 11.3 Å². The number of methoxy groups -OCH3 is 2. The van der Waals surface area contributed by atoms with Crippen molar-refractivity contribution in [2.45, 2.75) is 38.3 Å². The van der Waals surface area contributed by atoms with Crippen LogP contribution in [0, 0.1) is 0 Å². The second-order valence-corrected chi connectivity index (χ2v) is 9.61. The Kier molecular flexibility index (Phi) is 6.02. The van der Waals surface area contributed by atoms with E-state index in [1.165, 1.54) is 16.7 Å². The van der Waals surface area contributed by atoms with Gasteiger partial charge in [0.2, 0.25) is 5.91 Å². The molecule has 168 valence electrons. The van der Waals surface area contributed by atoms with Crippen molar-refractivity contribution in [3.05, 3.63) is 52.5 Å². The molecule has 0 spiro atoms. The Balaban J connectivity index is 1.31. The van der Waals surface area contributed by atoms with E-state index in [-0.39, 0.29) is 11.9 Å². The first kappa shape index (κ1) is 21.2. The van der Waals surface area contributed by atoms with Gasteiger partial charge >= 0.3 is 0 Å². The molecule has 3 aromatic rings. The minimum absolute atomic E-state index is 0.193. The van der Waals surface area contributed by atoms with Gasteiger partial charge in [0.05, 0.1) is 37.0 Å². The van der Waals surface area contributed by atoms with Gasteiger partial charge in [0.1, 0.15) is 5.01 Å². The van der Waals surface area contributed by atoms with Crippen molar-refractivity contribution in [3.63, 3.8) is 0 Å². The quantitative estimate of drug-likeness (QED) is 0.575. The molecule has 1 saturated heterocycles. The Morgan fingerprint density at radius 1 is 1.09 bits per heavy atom. The number of piperidine rings is 1. The molecule has 0 aliphatic carbocycles. The number of hydrogen-bond donors (Lipinski definition) is 0. The highest BCUT2D eigenvalue weighted by molar-refractivity contribution is 7.18. The van der Waals surface area contributed by atoms with Gasteiger partial charge in [0.25, 0.3) is 0 Å². The van der Waals surface area contributed by atoms with Crippen LogP contribution in [-0.4, -0.2) is 54.5 Å². The van der Waals surface area contributed by atoms with E-state index in [0.29, 0.717) is 18.8 Å². The summed E-state index contributed by atoms with van der Waals surface area (Å²) in [4.78, 5) is 22.5. The van der Waals surface area contributed by atoms with E-state index in [4.69, 9.17) is 14.5 Å². The maximum Gasteiger partial charge on any atom is 0.237 e. The van der Waals surface area contributed by atoms with Crippen molar-refractivity contribution in [1.29, 1.82) is 0 Å². The Morgan fingerprint density at radius 3 is 2.66 bits per heavy atom. The second kappa shape index (κ2) is 9.08. The minimum Gasteiger partial charge on any atom is -0.493 e. The van der Waals surface area contributed by atoms with E-state index in [9.17, 15) is 4.79 Å². The van der Waals surface area contributed by atoms with Crippen LogP contribution in [0.25, 0.3) is 10.2 Å². The zero-order valence-electron chi connectivity index (χ0n) is 18.7. The Morgan fingerprint density at radius 2 is 1.88 bits per heavy atom. The van der Waals surface area contributed by atoms with Crippen LogP contribution in [0.2, 0.25) is 0 Å². The van der Waals surface area contributed by atoms with Crippen LogP contribution in [0.1, 0.15) is 41.4 Å². The van der Waals surface area contributed by atoms with Gasteiger partial charge in [-0.3, -0.25) is 9.69 Å². The third kappa shape index (κ3) is 4.07. The molecule has 7 heteroatoms. The van der Waals surface area contributed by atoms with E-state index in [0.717, 1.165) is 54.2 Å². The van der Waals surface area contributed by atoms with Crippen molar-refractivity contribution < 1.29 is 14.3 Å². The summed E-state index contributed by atoms with van der Waals surface area (Å²) in [6.45, 7) is 2.75. The van der Waals surface area contributed by atoms with Crippen LogP contribution < -0.4 is 9.47 Å². The molecule has 0 bridgehead atoms. The lowest BCUT2D eigenvalue weighted by molar-refractivity contribution is -0.134. The number of ether oxygens (including phenoxy) is 2. The smallest absolute Gasteiger partial charge is 0.237 e. The molecule has 5 rings (SSSR count).